The Bertz CT molecular complexity index is 1420. The minimum absolute atomic E-state index is 0.164. The van der Waals surface area contributed by atoms with Gasteiger partial charge in [-0.1, -0.05) is 41.7 Å². The molecular weight excluding hydrogens is 442 g/mol. The fourth-order valence-corrected chi connectivity index (χ4v) is 6.45. The molecule has 2 heterocycles. The van der Waals surface area contributed by atoms with Gasteiger partial charge in [-0.2, -0.15) is 0 Å². The van der Waals surface area contributed by atoms with E-state index in [1.54, 1.807) is 0 Å². The van der Waals surface area contributed by atoms with Crippen LogP contribution in [0.15, 0.2) is 65.6 Å². The number of rotatable bonds is 4. The quantitative estimate of drug-likeness (QED) is 0.466. The number of nitrogens with one attached hydrogen (secondary N) is 1. The molecule has 1 N–H and O–H groups in total. The van der Waals surface area contributed by atoms with Crippen LogP contribution in [0.2, 0.25) is 0 Å². The molecule has 0 atom stereocenters. The summed E-state index contributed by atoms with van der Waals surface area (Å²) in [4.78, 5) is 17.5. The van der Waals surface area contributed by atoms with Gasteiger partial charge in [0.15, 0.2) is 5.13 Å². The molecule has 0 saturated heterocycles. The van der Waals surface area contributed by atoms with Gasteiger partial charge < -0.3 is 0 Å². The van der Waals surface area contributed by atoms with Crippen LogP contribution in [0.5, 0.6) is 0 Å². The van der Waals surface area contributed by atoms with Crippen LogP contribution in [-0.4, -0.2) is 25.9 Å². The van der Waals surface area contributed by atoms with Crippen molar-refractivity contribution in [1.29, 1.82) is 0 Å². The average molecular weight is 464 g/mol. The summed E-state index contributed by atoms with van der Waals surface area (Å²) in [7, 11) is -3.69. The molecule has 0 fully saturated rings. The van der Waals surface area contributed by atoms with E-state index in [0.29, 0.717) is 23.7 Å². The van der Waals surface area contributed by atoms with Crippen LogP contribution < -0.4 is 9.62 Å². The number of carbonyl (C=O) groups is 1. The van der Waals surface area contributed by atoms with E-state index in [4.69, 9.17) is 0 Å². The average Bonchev–Trinajstić information content (AvgIpc) is 3.42. The molecule has 0 bridgehead atoms. The predicted molar refractivity (Wildman–Crippen MR) is 128 cm³/mol. The Morgan fingerprint density at radius 1 is 1.00 bits per heavy atom. The summed E-state index contributed by atoms with van der Waals surface area (Å²) >= 11 is 1.43. The number of amides is 1. The van der Waals surface area contributed by atoms with Crippen molar-refractivity contribution < 1.29 is 13.2 Å². The maximum absolute atomic E-state index is 13.1. The summed E-state index contributed by atoms with van der Waals surface area (Å²) in [6, 6.07) is 17.6. The molecule has 3 aromatic carbocycles. The number of benzene rings is 3. The van der Waals surface area contributed by atoms with Crippen molar-refractivity contribution in [3.8, 4) is 0 Å². The molecule has 1 amide bonds. The highest BCUT2D eigenvalue weighted by molar-refractivity contribution is 7.92. The number of para-hydroxylation sites is 1. The first-order chi connectivity index (χ1) is 15.3. The molecule has 4 aromatic rings. The number of sulfonamides is 1. The van der Waals surface area contributed by atoms with E-state index in [-0.39, 0.29) is 10.8 Å². The maximum atomic E-state index is 13.1. The van der Waals surface area contributed by atoms with E-state index >= 15 is 0 Å². The van der Waals surface area contributed by atoms with Crippen LogP contribution in [-0.2, 0) is 16.4 Å². The van der Waals surface area contributed by atoms with Crippen molar-refractivity contribution in [1.82, 2.24) is 4.98 Å². The molecule has 0 radical (unpaired) electrons. The van der Waals surface area contributed by atoms with Crippen LogP contribution >= 0.6 is 11.3 Å². The zero-order chi connectivity index (χ0) is 22.5. The van der Waals surface area contributed by atoms with Gasteiger partial charge >= 0.3 is 0 Å². The lowest BCUT2D eigenvalue weighted by Gasteiger charge is -2.19. The number of thiazole rings is 1. The highest BCUT2D eigenvalue weighted by Crippen LogP contribution is 2.33. The van der Waals surface area contributed by atoms with Crippen molar-refractivity contribution in [2.75, 3.05) is 16.2 Å². The van der Waals surface area contributed by atoms with E-state index in [1.807, 2.05) is 50.2 Å². The number of aryl methyl sites for hydroxylation is 2. The van der Waals surface area contributed by atoms with Crippen molar-refractivity contribution in [2.45, 2.75) is 25.2 Å². The summed E-state index contributed by atoms with van der Waals surface area (Å²) in [5.41, 5.74) is 5.17. The first-order valence-corrected chi connectivity index (χ1v) is 12.5. The summed E-state index contributed by atoms with van der Waals surface area (Å²) in [5, 5.41) is 3.36. The molecule has 32 heavy (non-hydrogen) atoms. The van der Waals surface area contributed by atoms with Gasteiger partial charge in [0.2, 0.25) is 0 Å². The first-order valence-electron chi connectivity index (χ1n) is 10.2. The van der Waals surface area contributed by atoms with Crippen LogP contribution in [0.4, 0.5) is 10.8 Å². The highest BCUT2D eigenvalue weighted by Gasteiger charge is 2.30. The smallest absolute Gasteiger partial charge is 0.264 e. The molecule has 0 aliphatic carbocycles. The van der Waals surface area contributed by atoms with E-state index in [2.05, 4.69) is 10.3 Å². The molecule has 1 aromatic heterocycles. The summed E-state index contributed by atoms with van der Waals surface area (Å²) < 4.78 is 28.8. The maximum Gasteiger partial charge on any atom is 0.264 e. The molecule has 1 aliphatic rings. The molecular formula is C24H21N3O3S2. The second-order valence-electron chi connectivity index (χ2n) is 7.83. The Morgan fingerprint density at radius 3 is 2.47 bits per heavy atom. The number of hydrogen-bond acceptors (Lipinski definition) is 5. The Hall–Kier alpha value is -3.23. The lowest BCUT2D eigenvalue weighted by Crippen LogP contribution is -2.29. The van der Waals surface area contributed by atoms with Crippen LogP contribution in [0, 0.1) is 13.8 Å². The number of anilines is 2. The van der Waals surface area contributed by atoms with Gasteiger partial charge in [0, 0.05) is 12.1 Å². The molecule has 0 saturated carbocycles. The van der Waals surface area contributed by atoms with Gasteiger partial charge in [-0.3, -0.25) is 14.4 Å². The van der Waals surface area contributed by atoms with Gasteiger partial charge in [-0.25, -0.2) is 13.4 Å². The van der Waals surface area contributed by atoms with E-state index in [0.717, 1.165) is 32.6 Å². The molecule has 162 valence electrons. The van der Waals surface area contributed by atoms with E-state index in [9.17, 15) is 13.2 Å². The van der Waals surface area contributed by atoms with Crippen molar-refractivity contribution in [3.63, 3.8) is 0 Å². The SMILES string of the molecule is Cc1ccc(C)c2sc(NC(=O)c3ccc(S(=O)(=O)N4CCc5ccccc54)cc3)nc12. The monoisotopic (exact) mass is 463 g/mol. The summed E-state index contributed by atoms with van der Waals surface area (Å²) in [5.74, 6) is -0.324. The van der Waals surface area contributed by atoms with Gasteiger partial charge in [0.05, 0.1) is 20.8 Å². The minimum Gasteiger partial charge on any atom is -0.298 e. The standard InChI is InChI=1S/C24H21N3O3S2/c1-15-7-8-16(2)22-21(15)25-24(31-22)26-23(28)18-9-11-19(12-10-18)32(29,30)27-14-13-17-5-3-4-6-20(17)27/h3-12H,13-14H2,1-2H3,(H,25,26,28). The van der Waals surface area contributed by atoms with E-state index in [1.165, 1.54) is 39.9 Å². The molecule has 0 unspecified atom stereocenters. The third-order valence-electron chi connectivity index (χ3n) is 5.71. The second-order valence-corrected chi connectivity index (χ2v) is 10.7. The topological polar surface area (TPSA) is 79.4 Å². The largest absolute Gasteiger partial charge is 0.298 e. The predicted octanol–water partition coefficient (Wildman–Crippen LogP) is 4.92. The summed E-state index contributed by atoms with van der Waals surface area (Å²) in [6.07, 6.45) is 0.691. The third-order valence-corrected chi connectivity index (χ3v) is 8.65. The molecule has 6 nitrogen and oxygen atoms in total. The van der Waals surface area contributed by atoms with Gasteiger partial charge in [0.1, 0.15) is 0 Å². The number of carbonyl (C=O) groups excluding carboxylic acids is 1. The zero-order valence-electron chi connectivity index (χ0n) is 17.6. The minimum atomic E-state index is -3.69. The fourth-order valence-electron chi connectivity index (χ4n) is 3.95. The molecule has 0 spiro atoms. The van der Waals surface area contributed by atoms with Crippen LogP contribution in [0.25, 0.3) is 10.2 Å². The van der Waals surface area contributed by atoms with Crippen molar-refractivity contribution >= 4 is 48.3 Å². The third kappa shape index (κ3) is 3.45. The summed E-state index contributed by atoms with van der Waals surface area (Å²) in [6.45, 7) is 4.43. The van der Waals surface area contributed by atoms with Crippen LogP contribution in [0.3, 0.4) is 0 Å². The number of hydrogen-bond donors (Lipinski definition) is 1. The Labute approximate surface area is 190 Å². The number of nitrogens with zero attached hydrogens (tertiary/aromatic N) is 2. The highest BCUT2D eigenvalue weighted by atomic mass is 32.2. The molecule has 8 heteroatoms. The van der Waals surface area contributed by atoms with Crippen molar-refractivity contribution in [3.05, 3.63) is 82.9 Å². The van der Waals surface area contributed by atoms with Gasteiger partial charge in [-0.15, -0.1) is 0 Å². The Balaban J connectivity index is 1.37. The lowest BCUT2D eigenvalue weighted by molar-refractivity contribution is 0.102. The number of fused-ring (bicyclic) bond motifs is 2. The fraction of sp³-hybridized carbons (Fsp3) is 0.167. The second kappa shape index (κ2) is 7.72. The first kappa shape index (κ1) is 20.7. The molecule has 5 rings (SSSR count). The van der Waals surface area contributed by atoms with E-state index < -0.39 is 10.0 Å². The lowest BCUT2D eigenvalue weighted by atomic mass is 10.1. The molecule has 1 aliphatic heterocycles. The Kier molecular flexibility index (Phi) is 4.98. The number of aromatic nitrogens is 1. The van der Waals surface area contributed by atoms with Gasteiger partial charge in [-0.05, 0) is 67.3 Å². The normalized spacial score (nSPS) is 13.4. The van der Waals surface area contributed by atoms with Gasteiger partial charge in [0.25, 0.3) is 15.9 Å². The van der Waals surface area contributed by atoms with Crippen LogP contribution in [0.1, 0.15) is 27.0 Å². The van der Waals surface area contributed by atoms with Crippen molar-refractivity contribution in [2.24, 2.45) is 0 Å². The Morgan fingerprint density at radius 2 is 1.72 bits per heavy atom. The zero-order valence-corrected chi connectivity index (χ0v) is 19.3.